The molecule has 0 amide bonds. The van der Waals surface area contributed by atoms with Gasteiger partial charge >= 0.3 is 6.18 Å². The molecule has 0 bridgehead atoms. The summed E-state index contributed by atoms with van der Waals surface area (Å²) in [4.78, 5) is 13.6. The molecule has 2 aromatic heterocycles. The minimum atomic E-state index is -4.50. The molecule has 21 heavy (non-hydrogen) atoms. The molecule has 1 fully saturated rings. The summed E-state index contributed by atoms with van der Waals surface area (Å²) in [6.45, 7) is 2.62. The molecule has 1 saturated heterocycles. The largest absolute Gasteiger partial charge is 0.433 e. The van der Waals surface area contributed by atoms with Crippen molar-refractivity contribution in [2.24, 2.45) is 0 Å². The third kappa shape index (κ3) is 2.68. The Kier molecular flexibility index (Phi) is 3.27. The Bertz CT molecular complexity index is 642. The molecule has 0 spiro atoms. The molecular formula is C14H13F3N4. The highest BCUT2D eigenvalue weighted by molar-refractivity contribution is 5.60. The molecule has 0 N–H and O–H groups in total. The fourth-order valence-corrected chi connectivity index (χ4v) is 2.18. The van der Waals surface area contributed by atoms with Crippen LogP contribution in [-0.4, -0.2) is 27.5 Å². The number of hydrogen-bond acceptors (Lipinski definition) is 4. The first-order chi connectivity index (χ1) is 9.95. The third-order valence-corrected chi connectivity index (χ3v) is 3.54. The van der Waals surface area contributed by atoms with Crippen LogP contribution < -0.4 is 4.90 Å². The maximum Gasteiger partial charge on any atom is 0.433 e. The van der Waals surface area contributed by atoms with E-state index in [1.807, 2.05) is 6.92 Å². The monoisotopic (exact) mass is 294 g/mol. The molecule has 0 saturated carbocycles. The Hall–Kier alpha value is -2.18. The topological polar surface area (TPSA) is 41.9 Å². The van der Waals surface area contributed by atoms with Crippen molar-refractivity contribution in [1.29, 1.82) is 0 Å². The number of hydrogen-bond donors (Lipinski definition) is 0. The summed E-state index contributed by atoms with van der Waals surface area (Å²) in [5.41, 5.74) is -0.148. The van der Waals surface area contributed by atoms with Gasteiger partial charge in [0.15, 0.2) is 5.69 Å². The van der Waals surface area contributed by atoms with Crippen molar-refractivity contribution in [3.63, 3.8) is 0 Å². The van der Waals surface area contributed by atoms with Gasteiger partial charge in [0.1, 0.15) is 0 Å². The van der Waals surface area contributed by atoms with Gasteiger partial charge in [0.25, 0.3) is 0 Å². The Morgan fingerprint density at radius 3 is 2.62 bits per heavy atom. The summed E-state index contributed by atoms with van der Waals surface area (Å²) in [5.74, 6) is 0.127. The molecule has 1 atom stereocenters. The van der Waals surface area contributed by atoms with Crippen LogP contribution in [0.3, 0.4) is 0 Å². The summed E-state index contributed by atoms with van der Waals surface area (Å²) >= 11 is 0. The predicted octanol–water partition coefficient (Wildman–Crippen LogP) is 3.16. The van der Waals surface area contributed by atoms with E-state index in [9.17, 15) is 13.2 Å². The molecule has 0 radical (unpaired) electrons. The van der Waals surface area contributed by atoms with Gasteiger partial charge in [-0.05, 0) is 31.5 Å². The lowest BCUT2D eigenvalue weighted by Crippen LogP contribution is -2.46. The zero-order chi connectivity index (χ0) is 15.0. The van der Waals surface area contributed by atoms with Crippen molar-refractivity contribution in [3.05, 3.63) is 36.3 Å². The van der Waals surface area contributed by atoms with E-state index in [1.54, 1.807) is 23.2 Å². The summed E-state index contributed by atoms with van der Waals surface area (Å²) in [5, 5.41) is 0. The van der Waals surface area contributed by atoms with E-state index in [0.717, 1.165) is 12.5 Å². The highest BCUT2D eigenvalue weighted by Gasteiger charge is 2.35. The van der Waals surface area contributed by atoms with Crippen LogP contribution in [0.25, 0.3) is 11.3 Å². The predicted molar refractivity (Wildman–Crippen MR) is 71.7 cm³/mol. The minimum Gasteiger partial charge on any atom is -0.338 e. The molecular weight excluding hydrogens is 281 g/mol. The highest BCUT2D eigenvalue weighted by atomic mass is 19.4. The van der Waals surface area contributed by atoms with Gasteiger partial charge in [0.2, 0.25) is 5.95 Å². The number of aromatic nitrogens is 3. The number of anilines is 1. The zero-order valence-corrected chi connectivity index (χ0v) is 11.3. The third-order valence-electron chi connectivity index (χ3n) is 3.54. The first kappa shape index (κ1) is 13.8. The first-order valence-corrected chi connectivity index (χ1v) is 6.58. The second-order valence-electron chi connectivity index (χ2n) is 5.01. The molecule has 3 rings (SSSR count). The van der Waals surface area contributed by atoms with Gasteiger partial charge in [0, 0.05) is 30.5 Å². The van der Waals surface area contributed by atoms with Crippen LogP contribution in [0, 0.1) is 0 Å². The smallest absolute Gasteiger partial charge is 0.338 e. The zero-order valence-electron chi connectivity index (χ0n) is 11.3. The summed E-state index contributed by atoms with van der Waals surface area (Å²) in [6.07, 6.45) is -0.510. The van der Waals surface area contributed by atoms with Gasteiger partial charge in [-0.15, -0.1) is 0 Å². The highest BCUT2D eigenvalue weighted by Crippen LogP contribution is 2.33. The van der Waals surface area contributed by atoms with Crippen molar-refractivity contribution in [2.75, 3.05) is 11.4 Å². The van der Waals surface area contributed by atoms with E-state index in [-0.39, 0.29) is 17.7 Å². The standard InChI is InChI=1S/C14H13F3N4/c1-9-4-6-21(9)13-19-11(10-3-2-5-18-8-10)7-12(20-13)14(15,16)17/h2-3,5,7-9H,4,6H2,1H3. The lowest BCUT2D eigenvalue weighted by Gasteiger charge is -2.38. The average Bonchev–Trinajstić information content (AvgIpc) is 2.45. The lowest BCUT2D eigenvalue weighted by molar-refractivity contribution is -0.141. The van der Waals surface area contributed by atoms with Crippen LogP contribution in [0.1, 0.15) is 19.0 Å². The van der Waals surface area contributed by atoms with E-state index in [4.69, 9.17) is 0 Å². The quantitative estimate of drug-likeness (QED) is 0.853. The first-order valence-electron chi connectivity index (χ1n) is 6.58. The van der Waals surface area contributed by atoms with Crippen molar-refractivity contribution in [1.82, 2.24) is 15.0 Å². The van der Waals surface area contributed by atoms with Crippen LogP contribution in [0.4, 0.5) is 19.1 Å². The fourth-order valence-electron chi connectivity index (χ4n) is 2.18. The van der Waals surface area contributed by atoms with Crippen molar-refractivity contribution in [2.45, 2.75) is 25.6 Å². The lowest BCUT2D eigenvalue weighted by atomic mass is 10.1. The minimum absolute atomic E-state index is 0.127. The Morgan fingerprint density at radius 2 is 2.10 bits per heavy atom. The number of rotatable bonds is 2. The van der Waals surface area contributed by atoms with Crippen LogP contribution >= 0.6 is 0 Å². The number of nitrogens with zero attached hydrogens (tertiary/aromatic N) is 4. The summed E-state index contributed by atoms with van der Waals surface area (Å²) < 4.78 is 39.1. The molecule has 1 aliphatic rings. The van der Waals surface area contributed by atoms with Crippen LogP contribution in [0.2, 0.25) is 0 Å². The van der Waals surface area contributed by atoms with E-state index < -0.39 is 11.9 Å². The Morgan fingerprint density at radius 1 is 1.29 bits per heavy atom. The van der Waals surface area contributed by atoms with Gasteiger partial charge in [-0.25, -0.2) is 9.97 Å². The Balaban J connectivity index is 2.09. The fraction of sp³-hybridized carbons (Fsp3) is 0.357. The molecule has 4 nitrogen and oxygen atoms in total. The molecule has 1 aliphatic heterocycles. The van der Waals surface area contributed by atoms with Crippen LogP contribution in [0.15, 0.2) is 30.6 Å². The van der Waals surface area contributed by atoms with Gasteiger partial charge in [0.05, 0.1) is 5.69 Å². The van der Waals surface area contributed by atoms with Crippen molar-refractivity contribution >= 4 is 5.95 Å². The molecule has 0 aromatic carbocycles. The maximum absolute atomic E-state index is 13.0. The molecule has 0 aliphatic carbocycles. The normalized spacial score (nSPS) is 18.5. The molecule has 1 unspecified atom stereocenters. The summed E-state index contributed by atoms with van der Waals surface area (Å²) in [7, 11) is 0. The molecule has 2 aromatic rings. The Labute approximate surface area is 119 Å². The van der Waals surface area contributed by atoms with Gasteiger partial charge < -0.3 is 4.90 Å². The van der Waals surface area contributed by atoms with E-state index in [1.165, 1.54) is 6.20 Å². The maximum atomic E-state index is 13.0. The molecule has 3 heterocycles. The average molecular weight is 294 g/mol. The summed E-state index contributed by atoms with van der Waals surface area (Å²) in [6, 6.07) is 4.47. The van der Waals surface area contributed by atoms with E-state index in [2.05, 4.69) is 15.0 Å². The van der Waals surface area contributed by atoms with Crippen molar-refractivity contribution < 1.29 is 13.2 Å². The number of halogens is 3. The van der Waals surface area contributed by atoms with E-state index in [0.29, 0.717) is 12.1 Å². The van der Waals surface area contributed by atoms with Gasteiger partial charge in [-0.1, -0.05) is 0 Å². The molecule has 110 valence electrons. The van der Waals surface area contributed by atoms with Gasteiger partial charge in [-0.3, -0.25) is 4.98 Å². The van der Waals surface area contributed by atoms with Crippen molar-refractivity contribution in [3.8, 4) is 11.3 Å². The van der Waals surface area contributed by atoms with Gasteiger partial charge in [-0.2, -0.15) is 13.2 Å². The van der Waals surface area contributed by atoms with Crippen LogP contribution in [0.5, 0.6) is 0 Å². The van der Waals surface area contributed by atoms with Crippen LogP contribution in [-0.2, 0) is 6.18 Å². The SMILES string of the molecule is CC1CCN1c1nc(-c2cccnc2)cc(C(F)(F)F)n1. The number of pyridine rings is 1. The number of alkyl halides is 3. The van der Waals surface area contributed by atoms with E-state index >= 15 is 0 Å². The second kappa shape index (κ2) is 4.98. The molecule has 7 heteroatoms. The second-order valence-corrected chi connectivity index (χ2v) is 5.01.